The molecule has 0 fully saturated rings. The fourth-order valence-corrected chi connectivity index (χ4v) is 1.89. The van der Waals surface area contributed by atoms with E-state index in [4.69, 9.17) is 0 Å². The van der Waals surface area contributed by atoms with E-state index in [2.05, 4.69) is 26.2 Å². The molecule has 4 nitrogen and oxygen atoms in total. The molecule has 0 aliphatic carbocycles. The van der Waals surface area contributed by atoms with Gasteiger partial charge >= 0.3 is 0 Å². The zero-order chi connectivity index (χ0) is 13.8. The van der Waals surface area contributed by atoms with Crippen molar-refractivity contribution in [3.05, 3.63) is 58.3 Å². The Morgan fingerprint density at radius 2 is 1.79 bits per heavy atom. The van der Waals surface area contributed by atoms with E-state index in [1.807, 2.05) is 0 Å². The van der Waals surface area contributed by atoms with Crippen LogP contribution in [0.2, 0.25) is 0 Å². The van der Waals surface area contributed by atoms with Crippen molar-refractivity contribution in [1.82, 2.24) is 4.98 Å². The molecule has 1 aromatic heterocycles. The van der Waals surface area contributed by atoms with Gasteiger partial charge in [-0.25, -0.2) is 0 Å². The van der Waals surface area contributed by atoms with Crippen molar-refractivity contribution >= 4 is 33.3 Å². The van der Waals surface area contributed by atoms with Gasteiger partial charge < -0.3 is 5.32 Å². The van der Waals surface area contributed by atoms with Crippen molar-refractivity contribution in [3.8, 4) is 0 Å². The van der Waals surface area contributed by atoms with Crippen LogP contribution in [0.15, 0.2) is 47.2 Å². The van der Waals surface area contributed by atoms with Crippen LogP contribution in [0.5, 0.6) is 0 Å². The van der Waals surface area contributed by atoms with Crippen molar-refractivity contribution in [1.29, 1.82) is 0 Å². The number of benzene rings is 1. The smallest absolute Gasteiger partial charge is 0.257 e. The Balaban J connectivity index is 2.13. The molecule has 5 heteroatoms. The number of halogens is 1. The minimum atomic E-state index is -0.246. The monoisotopic (exact) mass is 318 g/mol. The molecule has 0 aliphatic heterocycles. The second kappa shape index (κ2) is 5.75. The molecule has 0 unspecified atom stereocenters. The summed E-state index contributed by atoms with van der Waals surface area (Å²) < 4.78 is 0.743. The third-order valence-corrected chi connectivity index (χ3v) is 2.95. The van der Waals surface area contributed by atoms with Crippen molar-refractivity contribution in [2.45, 2.75) is 6.92 Å². The molecule has 0 bridgehead atoms. The third-order valence-electron chi connectivity index (χ3n) is 2.52. The van der Waals surface area contributed by atoms with Gasteiger partial charge in [-0.05, 0) is 53.2 Å². The van der Waals surface area contributed by atoms with Crippen molar-refractivity contribution in [3.63, 3.8) is 0 Å². The summed E-state index contributed by atoms with van der Waals surface area (Å²) in [5.41, 5.74) is 1.71. The maximum atomic E-state index is 11.9. The lowest BCUT2D eigenvalue weighted by atomic mass is 10.1. The zero-order valence-corrected chi connectivity index (χ0v) is 11.8. The number of anilines is 1. The normalized spacial score (nSPS) is 10.0. The quantitative estimate of drug-likeness (QED) is 0.883. The highest BCUT2D eigenvalue weighted by Crippen LogP contribution is 2.14. The first kappa shape index (κ1) is 13.4. The third kappa shape index (κ3) is 3.48. The van der Waals surface area contributed by atoms with Gasteiger partial charge in [-0.3, -0.25) is 14.6 Å². The van der Waals surface area contributed by atoms with E-state index in [0.717, 1.165) is 4.47 Å². The van der Waals surface area contributed by atoms with Gasteiger partial charge in [0.2, 0.25) is 0 Å². The average molecular weight is 319 g/mol. The molecular formula is C14H11BrN2O2. The standard InChI is InChI=1S/C14H11BrN2O2/c1-9(18)10-2-4-13(5-3-10)17-14(19)11-6-12(15)8-16-7-11/h2-8H,1H3,(H,17,19). The molecule has 96 valence electrons. The number of hydrogen-bond donors (Lipinski definition) is 1. The Morgan fingerprint density at radius 3 is 2.37 bits per heavy atom. The molecule has 0 spiro atoms. The molecular weight excluding hydrogens is 308 g/mol. The number of nitrogens with one attached hydrogen (secondary N) is 1. The highest BCUT2D eigenvalue weighted by atomic mass is 79.9. The molecule has 0 atom stereocenters. The molecule has 2 aromatic rings. The van der Waals surface area contributed by atoms with Gasteiger partial charge in [-0.2, -0.15) is 0 Å². The van der Waals surface area contributed by atoms with Gasteiger partial charge in [0.05, 0.1) is 5.56 Å². The summed E-state index contributed by atoms with van der Waals surface area (Å²) in [7, 11) is 0. The first-order valence-corrected chi connectivity index (χ1v) is 6.38. The number of ketones is 1. The van der Waals surface area contributed by atoms with Crippen LogP contribution in [-0.2, 0) is 0 Å². The predicted molar refractivity (Wildman–Crippen MR) is 76.3 cm³/mol. The topological polar surface area (TPSA) is 59.1 Å². The van der Waals surface area contributed by atoms with Crippen LogP contribution in [0.1, 0.15) is 27.6 Å². The van der Waals surface area contributed by atoms with Gasteiger partial charge in [0.25, 0.3) is 5.91 Å². The van der Waals surface area contributed by atoms with E-state index in [-0.39, 0.29) is 11.7 Å². The maximum Gasteiger partial charge on any atom is 0.257 e. The number of Topliss-reactive ketones (excluding diaryl/α,β-unsaturated/α-hetero) is 1. The van der Waals surface area contributed by atoms with Crippen molar-refractivity contribution in [2.75, 3.05) is 5.32 Å². The Kier molecular flexibility index (Phi) is 4.06. The minimum Gasteiger partial charge on any atom is -0.322 e. The zero-order valence-electron chi connectivity index (χ0n) is 10.2. The van der Waals surface area contributed by atoms with Gasteiger partial charge in [-0.15, -0.1) is 0 Å². The second-order valence-electron chi connectivity index (χ2n) is 3.98. The van der Waals surface area contributed by atoms with Gasteiger partial charge in [0, 0.05) is 28.1 Å². The number of nitrogens with zero attached hydrogens (tertiary/aromatic N) is 1. The molecule has 1 N–H and O–H groups in total. The van der Waals surface area contributed by atoms with Gasteiger partial charge in [0.1, 0.15) is 0 Å². The maximum absolute atomic E-state index is 11.9. The van der Waals surface area contributed by atoms with E-state index in [1.54, 1.807) is 36.5 Å². The lowest BCUT2D eigenvalue weighted by Gasteiger charge is -2.05. The van der Waals surface area contributed by atoms with E-state index in [1.165, 1.54) is 13.1 Å². The predicted octanol–water partition coefficient (Wildman–Crippen LogP) is 3.30. The Hall–Kier alpha value is -2.01. The van der Waals surface area contributed by atoms with Crippen molar-refractivity contribution in [2.24, 2.45) is 0 Å². The summed E-state index contributed by atoms with van der Waals surface area (Å²) in [5, 5.41) is 2.74. The summed E-state index contributed by atoms with van der Waals surface area (Å²) in [6.45, 7) is 1.50. The molecule has 0 saturated carbocycles. The number of carbonyl (C=O) groups excluding carboxylic acids is 2. The number of aromatic nitrogens is 1. The average Bonchev–Trinajstić information content (AvgIpc) is 2.39. The van der Waals surface area contributed by atoms with E-state index >= 15 is 0 Å². The van der Waals surface area contributed by atoms with Crippen LogP contribution in [0, 0.1) is 0 Å². The molecule has 0 aliphatic rings. The number of carbonyl (C=O) groups is 2. The number of amides is 1. The second-order valence-corrected chi connectivity index (χ2v) is 4.90. The van der Waals surface area contributed by atoms with E-state index in [9.17, 15) is 9.59 Å². The van der Waals surface area contributed by atoms with Gasteiger partial charge in [0.15, 0.2) is 5.78 Å². The van der Waals surface area contributed by atoms with Crippen LogP contribution < -0.4 is 5.32 Å². The number of hydrogen-bond acceptors (Lipinski definition) is 3. The lowest BCUT2D eigenvalue weighted by molar-refractivity contribution is 0.101. The largest absolute Gasteiger partial charge is 0.322 e. The highest BCUT2D eigenvalue weighted by molar-refractivity contribution is 9.10. The van der Waals surface area contributed by atoms with Crippen LogP contribution in [0.3, 0.4) is 0 Å². The van der Waals surface area contributed by atoms with Crippen LogP contribution in [0.25, 0.3) is 0 Å². The number of pyridine rings is 1. The summed E-state index contributed by atoms with van der Waals surface area (Å²) >= 11 is 3.26. The minimum absolute atomic E-state index is 0.00549. The molecule has 19 heavy (non-hydrogen) atoms. The molecule has 2 rings (SSSR count). The summed E-state index contributed by atoms with van der Waals surface area (Å²) in [4.78, 5) is 27.0. The SMILES string of the molecule is CC(=O)c1ccc(NC(=O)c2cncc(Br)c2)cc1. The molecule has 0 saturated heterocycles. The Labute approximate surface area is 119 Å². The molecule has 1 aromatic carbocycles. The highest BCUT2D eigenvalue weighted by Gasteiger charge is 2.07. The van der Waals surface area contributed by atoms with Crippen LogP contribution in [0.4, 0.5) is 5.69 Å². The molecule has 0 radical (unpaired) electrons. The first-order chi connectivity index (χ1) is 9.06. The Morgan fingerprint density at radius 1 is 1.11 bits per heavy atom. The summed E-state index contributed by atoms with van der Waals surface area (Å²) in [6.07, 6.45) is 3.10. The van der Waals surface area contributed by atoms with Gasteiger partial charge in [-0.1, -0.05) is 0 Å². The molecule has 1 heterocycles. The van der Waals surface area contributed by atoms with E-state index < -0.39 is 0 Å². The van der Waals surface area contributed by atoms with Crippen molar-refractivity contribution < 1.29 is 9.59 Å². The fourth-order valence-electron chi connectivity index (χ4n) is 1.53. The summed E-state index contributed by atoms with van der Waals surface area (Å²) in [5.74, 6) is -0.251. The van der Waals surface area contributed by atoms with E-state index in [0.29, 0.717) is 16.8 Å². The Bertz CT molecular complexity index is 624. The summed E-state index contributed by atoms with van der Waals surface area (Å²) in [6, 6.07) is 8.43. The lowest BCUT2D eigenvalue weighted by Crippen LogP contribution is -2.12. The molecule has 1 amide bonds. The number of rotatable bonds is 3. The first-order valence-electron chi connectivity index (χ1n) is 5.59. The fraction of sp³-hybridized carbons (Fsp3) is 0.0714. The van der Waals surface area contributed by atoms with Crippen LogP contribution >= 0.6 is 15.9 Å². The van der Waals surface area contributed by atoms with Crippen LogP contribution in [-0.4, -0.2) is 16.7 Å².